The molecule has 130 valence electrons. The first kappa shape index (κ1) is 18.0. The molecule has 0 bridgehead atoms. The van der Waals surface area contributed by atoms with Crippen LogP contribution in [0.25, 0.3) is 0 Å². The number of benzene rings is 1. The summed E-state index contributed by atoms with van der Waals surface area (Å²) in [4.78, 5) is 11.9. The molecule has 1 heterocycles. The van der Waals surface area contributed by atoms with Gasteiger partial charge in [-0.05, 0) is 23.8 Å². The summed E-state index contributed by atoms with van der Waals surface area (Å²) in [6.45, 7) is 0. The number of amides is 1. The monoisotopic (exact) mass is 344 g/mol. The zero-order chi connectivity index (χ0) is 17.9. The molecule has 0 aliphatic heterocycles. The van der Waals surface area contributed by atoms with Crippen molar-refractivity contribution in [3.8, 4) is 0 Å². The summed E-state index contributed by atoms with van der Waals surface area (Å²) >= 11 is 0. The van der Waals surface area contributed by atoms with Crippen LogP contribution in [0.5, 0.6) is 0 Å². The lowest BCUT2D eigenvalue weighted by molar-refractivity contribution is -0.164. The largest absolute Gasteiger partial charge is 0.412 e. The highest BCUT2D eigenvalue weighted by Crippen LogP contribution is 2.33. The van der Waals surface area contributed by atoms with Gasteiger partial charge in [-0.25, -0.2) is 4.39 Å². The zero-order valence-electron chi connectivity index (χ0n) is 12.7. The molecule has 2 rings (SSSR count). The number of nitrogens with zero attached hydrogens (tertiary/aromatic N) is 1. The Kier molecular flexibility index (Phi) is 5.28. The molecule has 8 heteroatoms. The summed E-state index contributed by atoms with van der Waals surface area (Å²) in [6.07, 6.45) is -4.00. The van der Waals surface area contributed by atoms with Gasteiger partial charge in [-0.15, -0.1) is 0 Å². The molecular formula is C16H16F4N2O2. The van der Waals surface area contributed by atoms with Crippen LogP contribution >= 0.6 is 0 Å². The molecule has 1 amide bonds. The summed E-state index contributed by atoms with van der Waals surface area (Å²) in [7, 11) is 1.56. The van der Waals surface area contributed by atoms with Gasteiger partial charge >= 0.3 is 6.18 Å². The first-order chi connectivity index (χ1) is 11.2. The Balaban J connectivity index is 2.08. The van der Waals surface area contributed by atoms with E-state index in [0.717, 1.165) is 12.1 Å². The second-order valence-electron chi connectivity index (χ2n) is 5.43. The standard InChI is InChI=1S/C16H16F4N2O2/c1-22-6-5-11(9-22)15(16(18,19)20)21-14(24)8-13(23)10-3-2-4-12(17)7-10/h2-7,9,13,15,23H,8H2,1H3,(H,21,24)/t13-,15+/m1/s1. The molecule has 0 spiro atoms. The van der Waals surface area contributed by atoms with E-state index in [1.54, 1.807) is 7.05 Å². The number of aryl methyl sites for hydroxylation is 1. The third-order valence-corrected chi connectivity index (χ3v) is 3.43. The predicted octanol–water partition coefficient (Wildman–Crippen LogP) is 3.01. The van der Waals surface area contributed by atoms with Crippen molar-refractivity contribution in [2.24, 2.45) is 7.05 Å². The van der Waals surface area contributed by atoms with Gasteiger partial charge in [0.05, 0.1) is 12.5 Å². The van der Waals surface area contributed by atoms with Gasteiger partial charge in [-0.3, -0.25) is 4.79 Å². The second-order valence-corrected chi connectivity index (χ2v) is 5.43. The van der Waals surface area contributed by atoms with Crippen LogP contribution < -0.4 is 5.32 Å². The van der Waals surface area contributed by atoms with E-state index in [0.29, 0.717) is 0 Å². The van der Waals surface area contributed by atoms with Crippen LogP contribution in [0.15, 0.2) is 42.7 Å². The van der Waals surface area contributed by atoms with E-state index >= 15 is 0 Å². The molecule has 0 aliphatic rings. The first-order valence-electron chi connectivity index (χ1n) is 7.08. The average molecular weight is 344 g/mol. The van der Waals surface area contributed by atoms with E-state index in [2.05, 4.69) is 0 Å². The summed E-state index contributed by atoms with van der Waals surface area (Å²) in [5.74, 6) is -1.60. The van der Waals surface area contributed by atoms with Crippen molar-refractivity contribution in [3.05, 3.63) is 59.7 Å². The second kappa shape index (κ2) is 7.04. The molecule has 1 aromatic heterocycles. The number of rotatable bonds is 5. The molecule has 24 heavy (non-hydrogen) atoms. The smallest absolute Gasteiger partial charge is 0.388 e. The van der Waals surface area contributed by atoms with Crippen molar-refractivity contribution >= 4 is 5.91 Å². The summed E-state index contributed by atoms with van der Waals surface area (Å²) in [5.41, 5.74) is 0.00650. The van der Waals surface area contributed by atoms with Crippen LogP contribution in [0.3, 0.4) is 0 Å². The fourth-order valence-electron chi connectivity index (χ4n) is 2.28. The predicted molar refractivity (Wildman–Crippen MR) is 78.3 cm³/mol. The molecule has 2 aromatic rings. The van der Waals surface area contributed by atoms with Crippen molar-refractivity contribution < 1.29 is 27.5 Å². The Morgan fingerprint density at radius 1 is 1.29 bits per heavy atom. The highest BCUT2D eigenvalue weighted by atomic mass is 19.4. The van der Waals surface area contributed by atoms with E-state index < -0.39 is 36.5 Å². The van der Waals surface area contributed by atoms with Gasteiger partial charge < -0.3 is 15.0 Å². The van der Waals surface area contributed by atoms with Gasteiger partial charge in [0.15, 0.2) is 6.04 Å². The highest BCUT2D eigenvalue weighted by molar-refractivity contribution is 5.77. The average Bonchev–Trinajstić information content (AvgIpc) is 2.89. The molecule has 2 atom stereocenters. The fraction of sp³-hybridized carbons (Fsp3) is 0.312. The molecular weight excluding hydrogens is 328 g/mol. The number of hydrogen-bond donors (Lipinski definition) is 2. The minimum atomic E-state index is -4.68. The van der Waals surface area contributed by atoms with Gasteiger partial charge in [0.25, 0.3) is 0 Å². The van der Waals surface area contributed by atoms with Gasteiger partial charge in [-0.1, -0.05) is 12.1 Å². The molecule has 0 aliphatic carbocycles. The van der Waals surface area contributed by atoms with E-state index in [4.69, 9.17) is 0 Å². The van der Waals surface area contributed by atoms with Gasteiger partial charge in [0.1, 0.15) is 5.82 Å². The minimum Gasteiger partial charge on any atom is -0.388 e. The number of hydrogen-bond acceptors (Lipinski definition) is 2. The van der Waals surface area contributed by atoms with Gasteiger partial charge in [-0.2, -0.15) is 13.2 Å². The third kappa shape index (κ3) is 4.58. The van der Waals surface area contributed by atoms with Crippen molar-refractivity contribution in [2.75, 3.05) is 0 Å². The number of alkyl halides is 3. The SMILES string of the molecule is Cn1ccc([C@H](NC(=O)C[C@@H](O)c2cccc(F)c2)C(F)(F)F)c1. The number of nitrogens with one attached hydrogen (secondary N) is 1. The molecule has 1 aromatic carbocycles. The summed E-state index contributed by atoms with van der Waals surface area (Å²) in [5, 5.41) is 11.8. The lowest BCUT2D eigenvalue weighted by Crippen LogP contribution is -2.38. The van der Waals surface area contributed by atoms with Crippen molar-refractivity contribution in [1.29, 1.82) is 0 Å². The molecule has 0 unspecified atom stereocenters. The van der Waals surface area contributed by atoms with Gasteiger partial charge in [0.2, 0.25) is 5.91 Å². The van der Waals surface area contributed by atoms with Crippen molar-refractivity contribution in [3.63, 3.8) is 0 Å². The Morgan fingerprint density at radius 3 is 2.54 bits per heavy atom. The Hall–Kier alpha value is -2.35. The van der Waals surface area contributed by atoms with Gasteiger partial charge in [0, 0.05) is 25.0 Å². The molecule has 0 fully saturated rings. The summed E-state index contributed by atoms with van der Waals surface area (Å²) in [6, 6.07) is 3.99. The van der Waals surface area contributed by atoms with Crippen molar-refractivity contribution in [2.45, 2.75) is 24.7 Å². The fourth-order valence-corrected chi connectivity index (χ4v) is 2.28. The Labute approximate surface area is 135 Å². The number of aliphatic hydroxyl groups excluding tert-OH is 1. The summed E-state index contributed by atoms with van der Waals surface area (Å²) < 4.78 is 54.0. The maximum Gasteiger partial charge on any atom is 0.412 e. The number of carbonyl (C=O) groups is 1. The number of aromatic nitrogens is 1. The maximum atomic E-state index is 13.2. The topological polar surface area (TPSA) is 54.3 Å². The normalized spacial score (nSPS) is 14.2. The lowest BCUT2D eigenvalue weighted by Gasteiger charge is -2.21. The van der Waals surface area contributed by atoms with Crippen LogP contribution in [-0.4, -0.2) is 21.8 Å². The van der Waals surface area contributed by atoms with Crippen LogP contribution in [0.4, 0.5) is 17.6 Å². The molecule has 2 N–H and O–H groups in total. The van der Waals surface area contributed by atoms with Crippen LogP contribution in [0.1, 0.15) is 29.7 Å². The highest BCUT2D eigenvalue weighted by Gasteiger charge is 2.42. The number of aliphatic hydroxyl groups is 1. The lowest BCUT2D eigenvalue weighted by atomic mass is 10.1. The zero-order valence-corrected chi connectivity index (χ0v) is 12.7. The van der Waals surface area contributed by atoms with Crippen LogP contribution in [0.2, 0.25) is 0 Å². The number of halogens is 4. The number of carbonyl (C=O) groups excluding carboxylic acids is 1. The van der Waals surface area contributed by atoms with E-state index in [1.807, 2.05) is 5.32 Å². The minimum absolute atomic E-state index is 0.112. The third-order valence-electron chi connectivity index (χ3n) is 3.43. The Bertz CT molecular complexity index is 712. The molecule has 0 saturated carbocycles. The molecule has 0 saturated heterocycles. The molecule has 4 nitrogen and oxygen atoms in total. The van der Waals surface area contributed by atoms with E-state index in [-0.39, 0.29) is 11.1 Å². The van der Waals surface area contributed by atoms with Crippen LogP contribution in [-0.2, 0) is 11.8 Å². The first-order valence-corrected chi connectivity index (χ1v) is 7.08. The molecule has 0 radical (unpaired) electrons. The van der Waals surface area contributed by atoms with E-state index in [1.165, 1.54) is 35.2 Å². The maximum absolute atomic E-state index is 13.2. The Morgan fingerprint density at radius 2 is 2.00 bits per heavy atom. The quantitative estimate of drug-likeness (QED) is 0.820. The van der Waals surface area contributed by atoms with Crippen LogP contribution in [0, 0.1) is 5.82 Å². The van der Waals surface area contributed by atoms with Crippen molar-refractivity contribution in [1.82, 2.24) is 9.88 Å². The van der Waals surface area contributed by atoms with E-state index in [9.17, 15) is 27.5 Å².